The second-order valence-electron chi connectivity index (χ2n) is 12.4. The van der Waals surface area contributed by atoms with E-state index >= 15 is 0 Å². The van der Waals surface area contributed by atoms with Gasteiger partial charge in [-0.2, -0.15) is 0 Å². The Bertz CT molecular complexity index is 1490. The van der Waals surface area contributed by atoms with Crippen molar-refractivity contribution >= 4 is 46.1 Å². The minimum absolute atomic E-state index is 0.0330. The maximum Gasteiger partial charge on any atom is 0.303 e. The standard InChI is InChI=1S/C37H51ClN4O5/c1-3-5-6-7-8-9-10-17-28(24-33(39)43)41-36(47)37(40-23-4-2,22-15-21-34(44)45)35(46)30-26-42(32-20-14-12-18-29(30)32)25-27-16-11-13-19-31(27)38/h11-14,16,18-20,26,28,40H,3-10,15,17,21-25H2,1-2H3,(H2,39,43)(H,41,47)(H,44,45)/t28-,37-/m0/s1. The fourth-order valence-electron chi connectivity index (χ4n) is 6.15. The first-order chi connectivity index (χ1) is 22.6. The van der Waals surface area contributed by atoms with E-state index in [0.29, 0.717) is 41.9 Å². The zero-order chi connectivity index (χ0) is 34.2. The van der Waals surface area contributed by atoms with E-state index in [2.05, 4.69) is 17.6 Å². The van der Waals surface area contributed by atoms with Crippen molar-refractivity contribution in [2.45, 2.75) is 115 Å². The Labute approximate surface area is 283 Å². The molecule has 1 aromatic heterocycles. The molecule has 256 valence electrons. The van der Waals surface area contributed by atoms with Gasteiger partial charge in [-0.1, -0.05) is 107 Å². The molecule has 0 saturated carbocycles. The minimum atomic E-state index is -1.76. The fraction of sp³-hybridized carbons (Fsp3) is 0.514. The lowest BCUT2D eigenvalue weighted by molar-refractivity contribution is -0.137. The Balaban J connectivity index is 1.99. The maximum atomic E-state index is 14.8. The van der Waals surface area contributed by atoms with E-state index in [1.807, 2.05) is 60.0 Å². The Hall–Kier alpha value is -3.69. The normalized spacial score (nSPS) is 13.3. The summed E-state index contributed by atoms with van der Waals surface area (Å²) < 4.78 is 1.94. The number of aliphatic carboxylic acids is 1. The Morgan fingerprint density at radius 2 is 1.60 bits per heavy atom. The molecule has 2 amide bonds. The largest absolute Gasteiger partial charge is 0.481 e. The van der Waals surface area contributed by atoms with Gasteiger partial charge in [0.25, 0.3) is 0 Å². The van der Waals surface area contributed by atoms with Crippen LogP contribution in [0.4, 0.5) is 0 Å². The summed E-state index contributed by atoms with van der Waals surface area (Å²) in [6.07, 6.45) is 10.3. The second-order valence-corrected chi connectivity index (χ2v) is 12.8. The molecule has 0 fully saturated rings. The number of carboxylic acid groups (broad SMARTS) is 1. The van der Waals surface area contributed by atoms with Crippen LogP contribution in [0.3, 0.4) is 0 Å². The van der Waals surface area contributed by atoms with Gasteiger partial charge in [-0.05, 0) is 49.9 Å². The highest BCUT2D eigenvalue weighted by Gasteiger charge is 2.46. The Morgan fingerprint density at radius 3 is 2.28 bits per heavy atom. The number of hydrogen-bond donors (Lipinski definition) is 4. The van der Waals surface area contributed by atoms with Crippen LogP contribution < -0.4 is 16.4 Å². The van der Waals surface area contributed by atoms with Crippen molar-refractivity contribution in [2.24, 2.45) is 5.73 Å². The summed E-state index contributed by atoms with van der Waals surface area (Å²) in [6, 6.07) is 14.5. The Kier molecular flexibility index (Phi) is 15.4. The first-order valence-electron chi connectivity index (χ1n) is 17.0. The molecule has 2 aromatic carbocycles. The summed E-state index contributed by atoms with van der Waals surface area (Å²) in [6.45, 7) is 4.87. The van der Waals surface area contributed by atoms with Crippen LogP contribution in [0.2, 0.25) is 5.02 Å². The highest BCUT2D eigenvalue weighted by molar-refractivity contribution is 6.31. The summed E-state index contributed by atoms with van der Waals surface area (Å²) in [5.41, 5.74) is 5.86. The number of hydrogen-bond acceptors (Lipinski definition) is 5. The molecule has 0 bridgehead atoms. The topological polar surface area (TPSA) is 144 Å². The zero-order valence-electron chi connectivity index (χ0n) is 27.9. The molecule has 0 radical (unpaired) electrons. The summed E-state index contributed by atoms with van der Waals surface area (Å²) in [5.74, 6) is -2.57. The molecule has 0 aliphatic heterocycles. The van der Waals surface area contributed by atoms with Crippen molar-refractivity contribution in [1.82, 2.24) is 15.2 Å². The number of aromatic nitrogens is 1. The molecule has 2 atom stereocenters. The number of nitrogens with two attached hydrogens (primary N) is 1. The van der Waals surface area contributed by atoms with Crippen molar-refractivity contribution in [2.75, 3.05) is 6.54 Å². The molecule has 1 heterocycles. The number of nitrogens with zero attached hydrogens (tertiary/aromatic N) is 1. The number of rotatable bonds is 23. The number of primary amides is 1. The molecule has 5 N–H and O–H groups in total. The third-order valence-corrected chi connectivity index (χ3v) is 9.03. The summed E-state index contributed by atoms with van der Waals surface area (Å²) >= 11 is 6.48. The highest BCUT2D eigenvalue weighted by atomic mass is 35.5. The zero-order valence-corrected chi connectivity index (χ0v) is 28.6. The molecule has 0 spiro atoms. The molecular formula is C37H51ClN4O5. The van der Waals surface area contributed by atoms with Crippen molar-refractivity contribution in [1.29, 1.82) is 0 Å². The summed E-state index contributed by atoms with van der Waals surface area (Å²) in [4.78, 5) is 52.8. The molecule has 3 aromatic rings. The molecule has 47 heavy (non-hydrogen) atoms. The van der Waals surface area contributed by atoms with Crippen molar-refractivity contribution in [3.05, 3.63) is 70.9 Å². The molecule has 0 aliphatic rings. The predicted molar refractivity (Wildman–Crippen MR) is 188 cm³/mol. The second kappa shape index (κ2) is 19.2. The molecule has 10 heteroatoms. The van der Waals surface area contributed by atoms with Gasteiger partial charge >= 0.3 is 5.97 Å². The van der Waals surface area contributed by atoms with Crippen molar-refractivity contribution in [3.63, 3.8) is 0 Å². The average Bonchev–Trinajstić information content (AvgIpc) is 3.40. The number of unbranched alkanes of at least 4 members (excludes halogenated alkanes) is 6. The molecule has 0 unspecified atom stereocenters. The first-order valence-corrected chi connectivity index (χ1v) is 17.4. The van der Waals surface area contributed by atoms with Gasteiger partial charge in [-0.15, -0.1) is 0 Å². The summed E-state index contributed by atoms with van der Waals surface area (Å²) in [5, 5.41) is 17.0. The number of benzene rings is 2. The van der Waals surface area contributed by atoms with E-state index < -0.39 is 35.1 Å². The van der Waals surface area contributed by atoms with Gasteiger partial charge in [-0.3, -0.25) is 24.5 Å². The fourth-order valence-corrected chi connectivity index (χ4v) is 6.34. The van der Waals surface area contributed by atoms with Crippen LogP contribution in [0.15, 0.2) is 54.7 Å². The third kappa shape index (κ3) is 10.9. The van der Waals surface area contributed by atoms with Crippen molar-refractivity contribution in [3.8, 4) is 0 Å². The quantitative estimate of drug-likeness (QED) is 0.0487. The lowest BCUT2D eigenvalue weighted by Gasteiger charge is -2.34. The number of ketones is 1. The van der Waals surface area contributed by atoms with Crippen LogP contribution in [0, 0.1) is 0 Å². The number of carboxylic acids is 1. The van der Waals surface area contributed by atoms with Gasteiger partial charge in [0, 0.05) is 53.1 Å². The minimum Gasteiger partial charge on any atom is -0.481 e. The number of amides is 2. The van der Waals surface area contributed by atoms with Gasteiger partial charge < -0.3 is 20.7 Å². The lowest BCUT2D eigenvalue weighted by Crippen LogP contribution is -2.63. The maximum absolute atomic E-state index is 14.8. The predicted octanol–water partition coefficient (Wildman–Crippen LogP) is 7.02. The number of Topliss-reactive ketones (excluding diaryl/α,β-unsaturated/α-hetero) is 1. The van der Waals surface area contributed by atoms with E-state index in [4.69, 9.17) is 17.3 Å². The number of nitrogens with one attached hydrogen (secondary N) is 2. The Morgan fingerprint density at radius 1 is 0.915 bits per heavy atom. The van der Waals surface area contributed by atoms with Gasteiger partial charge in [-0.25, -0.2) is 0 Å². The molecule has 0 saturated heterocycles. The van der Waals surface area contributed by atoms with Crippen LogP contribution in [-0.2, 0) is 20.9 Å². The molecular weight excluding hydrogens is 616 g/mol. The van der Waals surface area contributed by atoms with E-state index in [9.17, 15) is 24.3 Å². The first kappa shape index (κ1) is 37.8. The lowest BCUT2D eigenvalue weighted by atomic mass is 9.82. The van der Waals surface area contributed by atoms with Gasteiger partial charge in [0.05, 0.1) is 0 Å². The smallest absolute Gasteiger partial charge is 0.303 e. The molecule has 3 rings (SSSR count). The van der Waals surface area contributed by atoms with Gasteiger partial charge in [0.1, 0.15) is 0 Å². The van der Waals surface area contributed by atoms with Crippen LogP contribution in [-0.4, -0.2) is 51.4 Å². The average molecular weight is 667 g/mol. The number of halogens is 1. The number of fused-ring (bicyclic) bond motifs is 1. The third-order valence-electron chi connectivity index (χ3n) is 8.67. The van der Waals surface area contributed by atoms with E-state index in [0.717, 1.165) is 36.8 Å². The van der Waals surface area contributed by atoms with Crippen LogP contribution in [0.5, 0.6) is 0 Å². The molecule has 0 aliphatic carbocycles. The van der Waals surface area contributed by atoms with Crippen LogP contribution in [0.1, 0.15) is 113 Å². The monoisotopic (exact) mass is 666 g/mol. The van der Waals surface area contributed by atoms with Gasteiger partial charge in [0.15, 0.2) is 11.3 Å². The molecule has 9 nitrogen and oxygen atoms in total. The van der Waals surface area contributed by atoms with Crippen LogP contribution >= 0.6 is 11.6 Å². The van der Waals surface area contributed by atoms with Crippen molar-refractivity contribution < 1.29 is 24.3 Å². The van der Waals surface area contributed by atoms with E-state index in [1.165, 1.54) is 19.3 Å². The number of carbonyl (C=O) groups excluding carboxylic acids is 3. The number of para-hydroxylation sites is 1. The van der Waals surface area contributed by atoms with E-state index in [-0.39, 0.29) is 25.7 Å². The SMILES string of the molecule is CCCCCCCCC[C@@H](CC(N)=O)NC(=O)[C@@](CCCC(=O)O)(NCCC)C(=O)c1cn(Cc2ccccc2Cl)c2ccccc12. The highest BCUT2D eigenvalue weighted by Crippen LogP contribution is 2.30. The summed E-state index contributed by atoms with van der Waals surface area (Å²) in [7, 11) is 0. The van der Waals surface area contributed by atoms with Crippen LogP contribution in [0.25, 0.3) is 10.9 Å². The van der Waals surface area contributed by atoms with Gasteiger partial charge in [0.2, 0.25) is 11.8 Å². The van der Waals surface area contributed by atoms with E-state index in [1.54, 1.807) is 6.20 Å². The number of carbonyl (C=O) groups is 4.